The molecule has 0 aliphatic rings. The molecule has 1 aromatic heterocycles. The average molecular weight is 337 g/mol. The van der Waals surface area contributed by atoms with Gasteiger partial charge in [0.05, 0.1) is 18.8 Å². The molecule has 1 N–H and O–H groups in total. The zero-order valence-corrected chi connectivity index (χ0v) is 14.4. The molecule has 0 bridgehead atoms. The lowest BCUT2D eigenvalue weighted by Gasteiger charge is -2.17. The van der Waals surface area contributed by atoms with E-state index in [2.05, 4.69) is 10.4 Å². The summed E-state index contributed by atoms with van der Waals surface area (Å²) in [6.45, 7) is 8.21. The lowest BCUT2D eigenvalue weighted by atomic mass is 10.1. The average Bonchev–Trinajstić information content (AvgIpc) is 2.83. The molecule has 0 aliphatic carbocycles. The van der Waals surface area contributed by atoms with Crippen LogP contribution in [-0.2, 0) is 6.54 Å². The van der Waals surface area contributed by atoms with E-state index in [1.54, 1.807) is 6.92 Å². The zero-order valence-electron chi connectivity index (χ0n) is 14.4. The Hall–Kier alpha value is -2.44. The van der Waals surface area contributed by atoms with Gasteiger partial charge in [-0.15, -0.1) is 0 Å². The molecule has 0 saturated carbocycles. The van der Waals surface area contributed by atoms with E-state index in [0.717, 1.165) is 23.0 Å². The van der Waals surface area contributed by atoms with Crippen molar-refractivity contribution in [1.82, 2.24) is 15.1 Å². The standard InChI is InChI=1S/C17H21F2N3O2/c1-6-22-11(4)14(10(3)21-22)9(2)20-17(23)15-13(24-5)8-7-12(18)16(15)19/h7-9H,6H2,1-5H3,(H,20,23)/t9-/m0/s1. The number of hydrogen-bond donors (Lipinski definition) is 1. The van der Waals surface area contributed by atoms with Crippen LogP contribution < -0.4 is 10.1 Å². The van der Waals surface area contributed by atoms with Crippen LogP contribution in [-0.4, -0.2) is 22.8 Å². The number of methoxy groups -OCH3 is 1. The summed E-state index contributed by atoms with van der Waals surface area (Å²) < 4.78 is 34.3. The Morgan fingerprint density at radius 1 is 1.38 bits per heavy atom. The predicted octanol–water partition coefficient (Wildman–Crippen LogP) is 3.30. The number of hydrogen-bond acceptors (Lipinski definition) is 3. The number of carbonyl (C=O) groups is 1. The van der Waals surface area contributed by atoms with E-state index in [4.69, 9.17) is 4.74 Å². The molecule has 1 atom stereocenters. The molecule has 1 heterocycles. The molecule has 2 aromatic rings. The quantitative estimate of drug-likeness (QED) is 0.911. The molecule has 1 aromatic carbocycles. The van der Waals surface area contributed by atoms with Gasteiger partial charge in [-0.2, -0.15) is 5.10 Å². The fourth-order valence-corrected chi connectivity index (χ4v) is 2.90. The molecule has 0 spiro atoms. The van der Waals surface area contributed by atoms with Crippen molar-refractivity contribution < 1.29 is 18.3 Å². The first-order valence-corrected chi connectivity index (χ1v) is 7.68. The number of aromatic nitrogens is 2. The van der Waals surface area contributed by atoms with Crippen molar-refractivity contribution in [3.63, 3.8) is 0 Å². The van der Waals surface area contributed by atoms with Crippen molar-refractivity contribution in [2.75, 3.05) is 7.11 Å². The number of benzene rings is 1. The second-order valence-corrected chi connectivity index (χ2v) is 5.53. The largest absolute Gasteiger partial charge is 0.496 e. The molecule has 0 fully saturated rings. The first-order valence-electron chi connectivity index (χ1n) is 7.68. The van der Waals surface area contributed by atoms with Crippen LogP contribution in [0.25, 0.3) is 0 Å². The predicted molar refractivity (Wildman–Crippen MR) is 86.2 cm³/mol. The summed E-state index contributed by atoms with van der Waals surface area (Å²) in [6, 6.07) is 1.74. The zero-order chi connectivity index (χ0) is 18.0. The molecule has 2 rings (SSSR count). The van der Waals surface area contributed by atoms with E-state index >= 15 is 0 Å². The van der Waals surface area contributed by atoms with Gasteiger partial charge in [-0.1, -0.05) is 0 Å². The summed E-state index contributed by atoms with van der Waals surface area (Å²) >= 11 is 0. The molecule has 0 radical (unpaired) electrons. The molecule has 130 valence electrons. The third-order valence-corrected chi connectivity index (χ3v) is 4.02. The molecular weight excluding hydrogens is 316 g/mol. The highest BCUT2D eigenvalue weighted by atomic mass is 19.2. The summed E-state index contributed by atoms with van der Waals surface area (Å²) in [5.41, 5.74) is 2.13. The topological polar surface area (TPSA) is 56.2 Å². The van der Waals surface area contributed by atoms with Crippen LogP contribution in [0.15, 0.2) is 12.1 Å². The third-order valence-electron chi connectivity index (χ3n) is 4.02. The lowest BCUT2D eigenvalue weighted by molar-refractivity contribution is 0.0931. The number of halogens is 2. The molecule has 7 heteroatoms. The van der Waals surface area contributed by atoms with Crippen LogP contribution >= 0.6 is 0 Å². The van der Waals surface area contributed by atoms with Gasteiger partial charge in [-0.25, -0.2) is 8.78 Å². The minimum Gasteiger partial charge on any atom is -0.496 e. The van der Waals surface area contributed by atoms with E-state index in [0.29, 0.717) is 6.54 Å². The van der Waals surface area contributed by atoms with Gasteiger partial charge in [-0.05, 0) is 39.8 Å². The number of carbonyl (C=O) groups excluding carboxylic acids is 1. The fourth-order valence-electron chi connectivity index (χ4n) is 2.90. The van der Waals surface area contributed by atoms with Crippen molar-refractivity contribution in [3.8, 4) is 5.75 Å². The van der Waals surface area contributed by atoms with Crippen LogP contribution in [0, 0.1) is 25.5 Å². The Kier molecular flexibility index (Phi) is 5.21. The van der Waals surface area contributed by atoms with Gasteiger partial charge < -0.3 is 10.1 Å². The molecule has 0 saturated heterocycles. The van der Waals surface area contributed by atoms with Crippen LogP contribution in [0.3, 0.4) is 0 Å². The smallest absolute Gasteiger partial charge is 0.258 e. The summed E-state index contributed by atoms with van der Waals surface area (Å²) in [6.07, 6.45) is 0. The monoisotopic (exact) mass is 337 g/mol. The van der Waals surface area contributed by atoms with Crippen LogP contribution in [0.5, 0.6) is 5.75 Å². The maximum atomic E-state index is 14.0. The second-order valence-electron chi connectivity index (χ2n) is 5.53. The normalized spacial score (nSPS) is 12.1. The Morgan fingerprint density at radius 2 is 2.04 bits per heavy atom. The van der Waals surface area contributed by atoms with Gasteiger partial charge in [0.15, 0.2) is 11.6 Å². The molecule has 0 aliphatic heterocycles. The lowest BCUT2D eigenvalue weighted by Crippen LogP contribution is -2.29. The Bertz CT molecular complexity index is 772. The third kappa shape index (κ3) is 3.11. The number of nitrogens with one attached hydrogen (secondary N) is 1. The SMILES string of the molecule is CCn1nc(C)c([C@H](C)NC(=O)c2c(OC)ccc(F)c2F)c1C. The van der Waals surface area contributed by atoms with Crippen molar-refractivity contribution in [2.45, 2.75) is 40.3 Å². The summed E-state index contributed by atoms with van der Waals surface area (Å²) in [5, 5.41) is 7.10. The maximum absolute atomic E-state index is 14.0. The molecule has 24 heavy (non-hydrogen) atoms. The number of ether oxygens (including phenoxy) is 1. The van der Waals surface area contributed by atoms with Crippen LogP contribution in [0.4, 0.5) is 8.78 Å². The van der Waals surface area contributed by atoms with Gasteiger partial charge in [0.2, 0.25) is 0 Å². The number of aryl methyl sites for hydroxylation is 2. The minimum absolute atomic E-state index is 0.0173. The second kappa shape index (κ2) is 6.98. The van der Waals surface area contributed by atoms with Crippen LogP contribution in [0.2, 0.25) is 0 Å². The highest BCUT2D eigenvalue weighted by Gasteiger charge is 2.25. The van der Waals surface area contributed by atoms with Gasteiger partial charge in [0.25, 0.3) is 5.91 Å². The number of rotatable bonds is 5. The van der Waals surface area contributed by atoms with Crippen LogP contribution in [0.1, 0.15) is 47.2 Å². The van der Waals surface area contributed by atoms with Gasteiger partial charge in [-0.3, -0.25) is 9.48 Å². The Labute approximate surface area is 139 Å². The highest BCUT2D eigenvalue weighted by molar-refractivity contribution is 5.97. The maximum Gasteiger partial charge on any atom is 0.258 e. The van der Waals surface area contributed by atoms with E-state index in [9.17, 15) is 13.6 Å². The Morgan fingerprint density at radius 3 is 2.58 bits per heavy atom. The molecule has 5 nitrogen and oxygen atoms in total. The number of amides is 1. The van der Waals surface area contributed by atoms with Gasteiger partial charge in [0.1, 0.15) is 11.3 Å². The van der Waals surface area contributed by atoms with Gasteiger partial charge in [0, 0.05) is 17.8 Å². The molecule has 0 unspecified atom stereocenters. The minimum atomic E-state index is -1.23. The van der Waals surface area contributed by atoms with E-state index in [1.165, 1.54) is 13.2 Å². The van der Waals surface area contributed by atoms with E-state index < -0.39 is 29.1 Å². The van der Waals surface area contributed by atoms with Crippen molar-refractivity contribution in [2.24, 2.45) is 0 Å². The Balaban J connectivity index is 2.34. The van der Waals surface area contributed by atoms with E-state index in [-0.39, 0.29) is 5.75 Å². The highest BCUT2D eigenvalue weighted by Crippen LogP contribution is 2.26. The summed E-state index contributed by atoms with van der Waals surface area (Å²) in [5.74, 6) is -3.08. The van der Waals surface area contributed by atoms with Gasteiger partial charge >= 0.3 is 0 Å². The van der Waals surface area contributed by atoms with Crippen molar-refractivity contribution >= 4 is 5.91 Å². The molecule has 1 amide bonds. The number of nitrogens with zero attached hydrogens (tertiary/aromatic N) is 2. The summed E-state index contributed by atoms with van der Waals surface area (Å²) in [7, 11) is 1.30. The molecular formula is C17H21F2N3O2. The fraction of sp³-hybridized carbons (Fsp3) is 0.412. The first kappa shape index (κ1) is 17.9. The summed E-state index contributed by atoms with van der Waals surface area (Å²) in [4.78, 5) is 12.5. The first-order chi connectivity index (χ1) is 11.3. The van der Waals surface area contributed by atoms with E-state index in [1.807, 2.05) is 25.5 Å². The van der Waals surface area contributed by atoms with Crippen molar-refractivity contribution in [3.05, 3.63) is 46.3 Å². The van der Waals surface area contributed by atoms with Crippen molar-refractivity contribution in [1.29, 1.82) is 0 Å².